The minimum atomic E-state index is 0.729. The number of rotatable bonds is 4. The van der Waals surface area contributed by atoms with Gasteiger partial charge >= 0.3 is 0 Å². The highest BCUT2D eigenvalue weighted by Gasteiger charge is 2.17. The van der Waals surface area contributed by atoms with E-state index >= 15 is 0 Å². The fourth-order valence-corrected chi connectivity index (χ4v) is 16.7. The van der Waals surface area contributed by atoms with Crippen molar-refractivity contribution in [1.29, 1.82) is 0 Å². The molecule has 21 aromatic rings. The van der Waals surface area contributed by atoms with E-state index in [9.17, 15) is 0 Å². The first-order valence-corrected chi connectivity index (χ1v) is 34.9. The second kappa shape index (κ2) is 23.8. The number of hydrogen-bond acceptors (Lipinski definition) is 4. The summed E-state index contributed by atoms with van der Waals surface area (Å²) < 4.78 is 4.50. The Hall–Kier alpha value is -10.3. The summed E-state index contributed by atoms with van der Waals surface area (Å²) in [5.41, 5.74) is 7.89. The molecule has 450 valence electrons. The highest BCUT2D eigenvalue weighted by Crippen LogP contribution is 2.44. The summed E-state index contributed by atoms with van der Waals surface area (Å²) >= 11 is 14.4. The van der Waals surface area contributed by atoms with Crippen LogP contribution in [0.1, 0.15) is 0 Å². The van der Waals surface area contributed by atoms with Crippen molar-refractivity contribution >= 4 is 204 Å². The number of fused-ring (bicyclic) bond motifs is 1. The average Bonchev–Trinajstić information content (AvgIpc) is 0.761. The number of nitrogens with zero attached hydrogens (tertiary/aromatic N) is 4. The molecule has 0 saturated carbocycles. The number of pyridine rings is 2. The van der Waals surface area contributed by atoms with Gasteiger partial charge in [-0.2, -0.15) is 0 Å². The zero-order valence-corrected chi connectivity index (χ0v) is 57.5. The first-order valence-electron chi connectivity index (χ1n) is 31.8. The van der Waals surface area contributed by atoms with Crippen LogP contribution in [0.4, 0.5) is 0 Å². The largest absolute Gasteiger partial charge is 0.265 e. The maximum Gasteiger partial charge on any atom is 0.159 e. The number of hydrogen-bond donors (Lipinski definition) is 0. The normalized spacial score (nSPS) is 11.8. The third-order valence-corrected chi connectivity index (χ3v) is 20.7. The van der Waals surface area contributed by atoms with Gasteiger partial charge in [-0.25, -0.2) is 9.97 Å². The quantitative estimate of drug-likeness (QED) is 0.165. The molecule has 3 aromatic heterocycles. The van der Waals surface area contributed by atoms with Crippen LogP contribution in [0.5, 0.6) is 0 Å². The van der Waals surface area contributed by atoms with E-state index in [-0.39, 0.29) is 0 Å². The van der Waals surface area contributed by atoms with E-state index in [2.05, 4.69) is 327 Å². The van der Waals surface area contributed by atoms with Crippen molar-refractivity contribution in [2.45, 2.75) is 0 Å². The van der Waals surface area contributed by atoms with Crippen LogP contribution in [0.25, 0.3) is 185 Å². The van der Waals surface area contributed by atoms with Crippen molar-refractivity contribution in [1.82, 2.24) is 19.9 Å². The van der Waals surface area contributed by atoms with Crippen LogP contribution in [0, 0.1) is 0 Å². The van der Waals surface area contributed by atoms with Gasteiger partial charge in [0, 0.05) is 65.6 Å². The van der Waals surface area contributed by atoms with E-state index in [1.54, 1.807) is 12.4 Å². The molecule has 3 heterocycles. The molecule has 0 aliphatic carbocycles. The van der Waals surface area contributed by atoms with Crippen molar-refractivity contribution in [2.75, 3.05) is 0 Å². The first kappa shape index (κ1) is 58.3. The SMILES string of the molecule is Brc1cc2ccc3cc(-c4cccc5ccccc45)cc4ccc(c1)c2c34.Brc1cc2ccc3cc(-c4cccnc4)cc4ccc(c1)c2c34.Brc1cc2ccc3cc(-c4nccc(-c5ccncc5)n4)cc4ccc(c1)c2c34.Brc1cc2ccc3cccc4ccc(c1)c2c34. The van der Waals surface area contributed by atoms with Crippen LogP contribution in [0.15, 0.2) is 322 Å². The standard InChI is InChI=1S/C26H15Br.C25H14BrN3.C21H12BrN.C16H9Br/c27-22-14-19-10-8-17-12-21(13-18-9-11-20(15-22)26(19)25(17)18)24-7-3-5-16-4-1-2-6-23(16)24;26-21-13-18-3-1-16-11-20(12-17-2-4-19(14-21)24(18)23(16)17)25-28-10-7-22(29-25)15-5-8-27-9-6-15;22-19-10-15-5-3-13-8-18(17-2-1-7-23-12-17)9-14-4-6-16(11-19)21(15)20(13)14;17-14-8-12-6-4-10-2-1-3-11-5-7-13(9-14)16(12)15(10)11/h1-15H;1-14H;1-12H;1-9H. The average molecular weight is 1480 g/mol. The minimum absolute atomic E-state index is 0.729. The molecule has 0 unspecified atom stereocenters. The monoisotopic (exact) mass is 1480 g/mol. The Morgan fingerprint density at radius 1 is 0.219 bits per heavy atom. The van der Waals surface area contributed by atoms with Crippen LogP contribution < -0.4 is 0 Å². The van der Waals surface area contributed by atoms with Gasteiger partial charge in [0.25, 0.3) is 0 Å². The number of benzene rings is 18. The zero-order valence-electron chi connectivity index (χ0n) is 51.2. The van der Waals surface area contributed by atoms with Gasteiger partial charge in [0.1, 0.15) is 0 Å². The van der Waals surface area contributed by atoms with Crippen molar-refractivity contribution in [3.05, 3.63) is 322 Å². The Morgan fingerprint density at radius 2 is 0.573 bits per heavy atom. The van der Waals surface area contributed by atoms with Gasteiger partial charge < -0.3 is 0 Å². The molecule has 0 aliphatic heterocycles. The highest BCUT2D eigenvalue weighted by molar-refractivity contribution is 9.11. The van der Waals surface area contributed by atoms with E-state index in [1.165, 1.54) is 157 Å². The first-order chi connectivity index (χ1) is 47.2. The molecule has 96 heavy (non-hydrogen) atoms. The van der Waals surface area contributed by atoms with E-state index in [4.69, 9.17) is 4.98 Å². The summed E-state index contributed by atoms with van der Waals surface area (Å²) in [7, 11) is 0. The van der Waals surface area contributed by atoms with Gasteiger partial charge in [-0.3, -0.25) is 9.97 Å². The van der Waals surface area contributed by atoms with Crippen LogP contribution in [-0.4, -0.2) is 19.9 Å². The molecule has 0 amide bonds. The fraction of sp³-hybridized carbons (Fsp3) is 0. The molecule has 0 spiro atoms. The lowest BCUT2D eigenvalue weighted by Crippen LogP contribution is -1.93. The van der Waals surface area contributed by atoms with Gasteiger partial charge in [0.15, 0.2) is 5.82 Å². The van der Waals surface area contributed by atoms with E-state index in [1.807, 2.05) is 42.9 Å². The molecular weight excluding hydrogens is 1430 g/mol. The predicted octanol–water partition coefficient (Wildman–Crippen LogP) is 26.8. The predicted molar refractivity (Wildman–Crippen MR) is 422 cm³/mol. The van der Waals surface area contributed by atoms with Crippen LogP contribution >= 0.6 is 63.7 Å². The zero-order chi connectivity index (χ0) is 64.1. The van der Waals surface area contributed by atoms with Gasteiger partial charge in [-0.1, -0.05) is 228 Å². The van der Waals surface area contributed by atoms with E-state index in [0.29, 0.717) is 0 Å². The molecule has 4 nitrogen and oxygen atoms in total. The van der Waals surface area contributed by atoms with E-state index in [0.717, 1.165) is 46.1 Å². The maximum absolute atomic E-state index is 4.82. The lowest BCUT2D eigenvalue weighted by molar-refractivity contribution is 1.18. The smallest absolute Gasteiger partial charge is 0.159 e. The minimum Gasteiger partial charge on any atom is -0.265 e. The van der Waals surface area contributed by atoms with Crippen molar-refractivity contribution in [2.24, 2.45) is 0 Å². The summed E-state index contributed by atoms with van der Waals surface area (Å²) in [5.74, 6) is 0.729. The molecule has 0 radical (unpaired) electrons. The van der Waals surface area contributed by atoms with Crippen LogP contribution in [0.3, 0.4) is 0 Å². The Kier molecular flexibility index (Phi) is 14.5. The lowest BCUT2D eigenvalue weighted by atomic mass is 9.90. The molecule has 0 bridgehead atoms. The van der Waals surface area contributed by atoms with Crippen molar-refractivity contribution < 1.29 is 0 Å². The summed E-state index contributed by atoms with van der Waals surface area (Å²) in [4.78, 5) is 17.7. The molecule has 0 saturated heterocycles. The molecular formula is C88H50Br4N4. The topological polar surface area (TPSA) is 51.6 Å². The fourth-order valence-electron chi connectivity index (χ4n) is 14.8. The van der Waals surface area contributed by atoms with Crippen molar-refractivity contribution in [3.8, 4) is 44.9 Å². The van der Waals surface area contributed by atoms with Gasteiger partial charge in [-0.15, -0.1) is 0 Å². The summed E-state index contributed by atoms with van der Waals surface area (Å²) in [6, 6.07) is 98.1. The third kappa shape index (κ3) is 10.4. The Balaban J connectivity index is 0.0000000948. The Labute approximate surface area is 585 Å². The second-order valence-corrected chi connectivity index (χ2v) is 28.3. The lowest BCUT2D eigenvalue weighted by Gasteiger charge is -2.14. The molecule has 0 N–H and O–H groups in total. The Bertz CT molecular complexity index is 6310. The van der Waals surface area contributed by atoms with Crippen LogP contribution in [-0.2, 0) is 0 Å². The van der Waals surface area contributed by atoms with Gasteiger partial charge in [-0.05, 0) is 266 Å². The van der Waals surface area contributed by atoms with Crippen molar-refractivity contribution in [3.63, 3.8) is 0 Å². The molecule has 0 aliphatic rings. The summed E-state index contributed by atoms with van der Waals surface area (Å²) in [6.45, 7) is 0. The van der Waals surface area contributed by atoms with Gasteiger partial charge in [0.05, 0.1) is 5.69 Å². The summed E-state index contributed by atoms with van der Waals surface area (Å²) in [5, 5.41) is 33.8. The highest BCUT2D eigenvalue weighted by atomic mass is 79.9. The Morgan fingerprint density at radius 3 is 1.00 bits per heavy atom. The second-order valence-electron chi connectivity index (χ2n) is 24.7. The number of aromatic nitrogens is 4. The van der Waals surface area contributed by atoms with E-state index < -0.39 is 0 Å². The molecule has 0 fully saturated rings. The third-order valence-electron chi connectivity index (χ3n) is 18.9. The molecule has 8 heteroatoms. The molecule has 18 aromatic carbocycles. The summed E-state index contributed by atoms with van der Waals surface area (Å²) in [6.07, 6.45) is 9.11. The van der Waals surface area contributed by atoms with Gasteiger partial charge in [0.2, 0.25) is 0 Å². The maximum atomic E-state index is 4.82. The molecule has 21 rings (SSSR count). The molecule has 0 atom stereocenters. The number of halogens is 4. The van der Waals surface area contributed by atoms with Crippen LogP contribution in [0.2, 0.25) is 0 Å².